The molecule has 1 aromatic carbocycles. The Morgan fingerprint density at radius 2 is 1.92 bits per heavy atom. The van der Waals surface area contributed by atoms with Gasteiger partial charge in [0, 0.05) is 5.69 Å². The first kappa shape index (κ1) is 10.4. The van der Waals surface area contributed by atoms with Gasteiger partial charge in [0.25, 0.3) is 0 Å². The third kappa shape index (κ3) is 2.17. The summed E-state index contributed by atoms with van der Waals surface area (Å²) < 4.78 is 34.7. The van der Waals surface area contributed by atoms with Crippen molar-refractivity contribution in [1.82, 2.24) is 0 Å². The van der Waals surface area contributed by atoms with Gasteiger partial charge in [-0.05, 0) is 28.1 Å². The first-order valence-electron chi connectivity index (χ1n) is 3.09. The topological polar surface area (TPSA) is 86.2 Å². The van der Waals surface area contributed by atoms with Gasteiger partial charge < -0.3 is 5.73 Å². The van der Waals surface area contributed by atoms with E-state index in [0.29, 0.717) is 0 Å². The molecule has 1 aromatic rings. The number of sulfonamides is 1. The van der Waals surface area contributed by atoms with Gasteiger partial charge in [0.1, 0.15) is 4.90 Å². The summed E-state index contributed by atoms with van der Waals surface area (Å²) in [5.74, 6) is -0.934. The van der Waals surface area contributed by atoms with E-state index in [9.17, 15) is 12.8 Å². The molecule has 13 heavy (non-hydrogen) atoms. The number of nitrogens with two attached hydrogens (primary N) is 2. The number of anilines is 1. The van der Waals surface area contributed by atoms with E-state index in [0.717, 1.165) is 6.07 Å². The van der Waals surface area contributed by atoms with Gasteiger partial charge in [0.2, 0.25) is 10.0 Å². The van der Waals surface area contributed by atoms with Crippen LogP contribution in [0.15, 0.2) is 21.5 Å². The molecular formula is C6H6BrFN2O2S. The van der Waals surface area contributed by atoms with Crippen molar-refractivity contribution in [2.75, 3.05) is 5.73 Å². The van der Waals surface area contributed by atoms with Gasteiger partial charge in [0.15, 0.2) is 5.82 Å². The summed E-state index contributed by atoms with van der Waals surface area (Å²) in [6.07, 6.45) is 0. The maximum atomic E-state index is 13.1. The predicted molar refractivity (Wildman–Crippen MR) is 49.9 cm³/mol. The Labute approximate surface area is 82.9 Å². The lowest BCUT2D eigenvalue weighted by Gasteiger charge is -2.03. The van der Waals surface area contributed by atoms with Crippen LogP contribution in [0.2, 0.25) is 0 Å². The fraction of sp³-hybridized carbons (Fsp3) is 0. The Hall–Kier alpha value is -0.660. The predicted octanol–water partition coefficient (Wildman–Crippen LogP) is 0.818. The molecule has 0 aliphatic rings. The van der Waals surface area contributed by atoms with Crippen LogP contribution >= 0.6 is 15.9 Å². The molecule has 0 aliphatic heterocycles. The van der Waals surface area contributed by atoms with E-state index in [1.165, 1.54) is 6.07 Å². The van der Waals surface area contributed by atoms with Gasteiger partial charge in [-0.1, -0.05) is 0 Å². The molecule has 0 radical (unpaired) electrons. The first-order valence-corrected chi connectivity index (χ1v) is 5.43. The van der Waals surface area contributed by atoms with Gasteiger partial charge in [0.05, 0.1) is 4.47 Å². The summed E-state index contributed by atoms with van der Waals surface area (Å²) in [5, 5.41) is 4.75. The lowest BCUT2D eigenvalue weighted by atomic mass is 10.3. The molecule has 0 unspecified atom stereocenters. The maximum Gasteiger partial charge on any atom is 0.241 e. The Morgan fingerprint density at radius 3 is 2.38 bits per heavy atom. The molecule has 0 atom stereocenters. The molecule has 7 heteroatoms. The van der Waals surface area contributed by atoms with Crippen molar-refractivity contribution in [3.05, 3.63) is 22.4 Å². The highest BCUT2D eigenvalue weighted by molar-refractivity contribution is 9.10. The summed E-state index contributed by atoms with van der Waals surface area (Å²) in [6.45, 7) is 0. The fourth-order valence-electron chi connectivity index (χ4n) is 0.791. The van der Waals surface area contributed by atoms with E-state index in [2.05, 4.69) is 15.9 Å². The second-order valence-electron chi connectivity index (χ2n) is 2.36. The molecule has 4 nitrogen and oxygen atoms in total. The Kier molecular flexibility index (Phi) is 2.60. The van der Waals surface area contributed by atoms with Crippen LogP contribution in [0.3, 0.4) is 0 Å². The second-order valence-corrected chi connectivity index (χ2v) is 4.74. The van der Waals surface area contributed by atoms with E-state index < -0.39 is 20.7 Å². The highest BCUT2D eigenvalue weighted by Gasteiger charge is 2.17. The number of nitrogen functional groups attached to an aromatic ring is 1. The zero-order valence-corrected chi connectivity index (χ0v) is 8.69. The van der Waals surface area contributed by atoms with Crippen LogP contribution in [0.5, 0.6) is 0 Å². The summed E-state index contributed by atoms with van der Waals surface area (Å²) in [4.78, 5) is -0.612. The van der Waals surface area contributed by atoms with Crippen LogP contribution in [0.1, 0.15) is 0 Å². The largest absolute Gasteiger partial charge is 0.399 e. The molecule has 0 spiro atoms. The van der Waals surface area contributed by atoms with E-state index in [1.807, 2.05) is 0 Å². The van der Waals surface area contributed by atoms with E-state index in [1.54, 1.807) is 0 Å². The second kappa shape index (κ2) is 3.24. The highest BCUT2D eigenvalue weighted by atomic mass is 79.9. The maximum absolute atomic E-state index is 13.1. The minimum absolute atomic E-state index is 0.0310. The van der Waals surface area contributed by atoms with Crippen LogP contribution in [-0.4, -0.2) is 8.42 Å². The minimum atomic E-state index is -4.06. The monoisotopic (exact) mass is 268 g/mol. The number of halogens is 2. The van der Waals surface area contributed by atoms with Crippen LogP contribution < -0.4 is 10.9 Å². The Bertz CT molecular complexity index is 446. The molecule has 0 fully saturated rings. The highest BCUT2D eigenvalue weighted by Crippen LogP contribution is 2.24. The number of hydrogen-bond acceptors (Lipinski definition) is 3. The molecule has 1 rings (SSSR count). The van der Waals surface area contributed by atoms with Gasteiger partial charge in [-0.2, -0.15) is 0 Å². The number of benzene rings is 1. The average Bonchev–Trinajstić information content (AvgIpc) is 1.94. The van der Waals surface area contributed by atoms with Crippen LogP contribution in [0.4, 0.5) is 10.1 Å². The summed E-state index contributed by atoms with van der Waals surface area (Å²) in [6, 6.07) is 2.22. The Balaban J connectivity index is 3.56. The third-order valence-electron chi connectivity index (χ3n) is 1.32. The van der Waals surface area contributed by atoms with Gasteiger partial charge >= 0.3 is 0 Å². The normalized spacial score (nSPS) is 11.6. The summed E-state index contributed by atoms with van der Waals surface area (Å²) in [7, 11) is -4.06. The zero-order valence-electron chi connectivity index (χ0n) is 6.29. The molecule has 0 heterocycles. The van der Waals surface area contributed by atoms with Crippen LogP contribution in [0.25, 0.3) is 0 Å². The lowest BCUT2D eigenvalue weighted by molar-refractivity contribution is 0.564. The van der Waals surface area contributed by atoms with E-state index in [4.69, 9.17) is 10.9 Å². The average molecular weight is 269 g/mol. The van der Waals surface area contributed by atoms with Gasteiger partial charge in [-0.15, -0.1) is 0 Å². The quantitative estimate of drug-likeness (QED) is 0.740. The fourth-order valence-corrected chi connectivity index (χ4v) is 2.06. The van der Waals surface area contributed by atoms with Crippen molar-refractivity contribution >= 4 is 31.6 Å². The zero-order chi connectivity index (χ0) is 10.2. The van der Waals surface area contributed by atoms with Crippen molar-refractivity contribution in [3.63, 3.8) is 0 Å². The molecule has 4 N–H and O–H groups in total. The molecule has 0 aromatic heterocycles. The van der Waals surface area contributed by atoms with Crippen molar-refractivity contribution in [1.29, 1.82) is 0 Å². The molecule has 0 bridgehead atoms. The first-order chi connectivity index (χ1) is 5.82. The summed E-state index contributed by atoms with van der Waals surface area (Å²) in [5.41, 5.74) is 5.43. The van der Waals surface area contributed by atoms with Crippen molar-refractivity contribution in [2.45, 2.75) is 4.90 Å². The van der Waals surface area contributed by atoms with Crippen molar-refractivity contribution in [2.24, 2.45) is 5.14 Å². The standard InChI is InChI=1S/C6H6BrFN2O2S/c7-4-1-3(9)2-5(6(4)8)13(10,11)12/h1-2H,9H2,(H2,10,11,12). The number of primary sulfonamides is 1. The molecule has 0 saturated carbocycles. The Morgan fingerprint density at radius 1 is 1.38 bits per heavy atom. The molecule has 72 valence electrons. The lowest BCUT2D eigenvalue weighted by Crippen LogP contribution is -2.14. The number of rotatable bonds is 1. The number of hydrogen-bond donors (Lipinski definition) is 2. The van der Waals surface area contributed by atoms with E-state index >= 15 is 0 Å². The SMILES string of the molecule is Nc1cc(Br)c(F)c(S(N)(=O)=O)c1. The molecular weight excluding hydrogens is 263 g/mol. The van der Waals surface area contributed by atoms with Crippen LogP contribution in [-0.2, 0) is 10.0 Å². The van der Waals surface area contributed by atoms with Crippen molar-refractivity contribution < 1.29 is 12.8 Å². The summed E-state index contributed by atoms with van der Waals surface area (Å²) >= 11 is 2.81. The van der Waals surface area contributed by atoms with Gasteiger partial charge in [-0.25, -0.2) is 17.9 Å². The molecule has 0 amide bonds. The third-order valence-corrected chi connectivity index (χ3v) is 2.81. The van der Waals surface area contributed by atoms with Gasteiger partial charge in [-0.3, -0.25) is 0 Å². The van der Waals surface area contributed by atoms with Crippen LogP contribution in [0, 0.1) is 5.82 Å². The molecule has 0 aliphatic carbocycles. The van der Waals surface area contributed by atoms with Crippen molar-refractivity contribution in [3.8, 4) is 0 Å². The van der Waals surface area contributed by atoms with E-state index in [-0.39, 0.29) is 10.2 Å². The smallest absolute Gasteiger partial charge is 0.241 e. The minimum Gasteiger partial charge on any atom is -0.399 e. The molecule has 0 saturated heterocycles.